The summed E-state index contributed by atoms with van der Waals surface area (Å²) in [6, 6.07) is 11.6. The molecule has 0 unspecified atom stereocenters. The van der Waals surface area contributed by atoms with E-state index < -0.39 is 10.0 Å². The Labute approximate surface area is 171 Å². The summed E-state index contributed by atoms with van der Waals surface area (Å²) in [7, 11) is -0.525. The standard InChI is InChI=1S/C21H26N2O5S/c1-27-15-16-6-8-17(9-7-16)21(24)22-19-14-18(10-11-20(19)28-2)29(25,26)23-12-4-3-5-13-23/h6-11,14H,3-5,12-13,15H2,1-2H3,(H,22,24). The van der Waals surface area contributed by atoms with E-state index in [1.807, 2.05) is 12.1 Å². The number of carbonyl (C=O) groups is 1. The summed E-state index contributed by atoms with van der Waals surface area (Å²) in [5.74, 6) is 0.0479. The minimum atomic E-state index is -3.61. The normalized spacial score (nSPS) is 15.1. The molecule has 0 radical (unpaired) electrons. The Kier molecular flexibility index (Phi) is 6.89. The lowest BCUT2D eigenvalue weighted by Crippen LogP contribution is -2.35. The molecule has 8 heteroatoms. The van der Waals surface area contributed by atoms with Gasteiger partial charge in [0.15, 0.2) is 0 Å². The number of benzene rings is 2. The second kappa shape index (κ2) is 9.39. The first-order valence-electron chi connectivity index (χ1n) is 9.53. The summed E-state index contributed by atoms with van der Waals surface area (Å²) >= 11 is 0. The van der Waals surface area contributed by atoms with E-state index in [2.05, 4.69) is 5.32 Å². The molecule has 0 aromatic heterocycles. The maximum Gasteiger partial charge on any atom is 0.255 e. The van der Waals surface area contributed by atoms with Gasteiger partial charge in [-0.25, -0.2) is 8.42 Å². The maximum atomic E-state index is 13.0. The summed E-state index contributed by atoms with van der Waals surface area (Å²) in [5.41, 5.74) is 1.73. The van der Waals surface area contributed by atoms with Crippen molar-refractivity contribution in [1.82, 2.24) is 4.31 Å². The first kappa shape index (κ1) is 21.3. The molecule has 0 saturated carbocycles. The number of hydrogen-bond donors (Lipinski definition) is 1. The molecule has 1 saturated heterocycles. The van der Waals surface area contributed by atoms with Crippen molar-refractivity contribution in [3.8, 4) is 5.75 Å². The van der Waals surface area contributed by atoms with E-state index in [4.69, 9.17) is 9.47 Å². The van der Waals surface area contributed by atoms with E-state index in [1.54, 1.807) is 25.3 Å². The van der Waals surface area contributed by atoms with Crippen LogP contribution in [0, 0.1) is 0 Å². The van der Waals surface area contributed by atoms with Gasteiger partial charge in [0.1, 0.15) is 5.75 Å². The zero-order valence-corrected chi connectivity index (χ0v) is 17.5. The van der Waals surface area contributed by atoms with Crippen LogP contribution >= 0.6 is 0 Å². The molecule has 29 heavy (non-hydrogen) atoms. The third kappa shape index (κ3) is 4.95. The number of amides is 1. The van der Waals surface area contributed by atoms with Crippen LogP contribution < -0.4 is 10.1 Å². The molecule has 1 heterocycles. The fraction of sp³-hybridized carbons (Fsp3) is 0.381. The molecule has 156 valence electrons. The smallest absolute Gasteiger partial charge is 0.255 e. The van der Waals surface area contributed by atoms with E-state index in [0.717, 1.165) is 24.8 Å². The minimum absolute atomic E-state index is 0.144. The predicted octanol–water partition coefficient (Wildman–Crippen LogP) is 3.27. The van der Waals surface area contributed by atoms with Crippen molar-refractivity contribution in [2.24, 2.45) is 0 Å². The molecule has 0 bridgehead atoms. The molecular formula is C21H26N2O5S. The van der Waals surface area contributed by atoms with Crippen LogP contribution in [0.2, 0.25) is 0 Å². The lowest BCUT2D eigenvalue weighted by Gasteiger charge is -2.26. The Bertz CT molecular complexity index is 952. The molecule has 0 spiro atoms. The Morgan fingerprint density at radius 1 is 1.03 bits per heavy atom. The van der Waals surface area contributed by atoms with Crippen LogP contribution in [0.5, 0.6) is 5.75 Å². The molecule has 0 aliphatic carbocycles. The monoisotopic (exact) mass is 418 g/mol. The fourth-order valence-electron chi connectivity index (χ4n) is 3.31. The average molecular weight is 419 g/mol. The second-order valence-corrected chi connectivity index (χ2v) is 8.85. The van der Waals surface area contributed by atoms with Crippen LogP contribution in [-0.2, 0) is 21.4 Å². The number of rotatable bonds is 7. The highest BCUT2D eigenvalue weighted by Gasteiger charge is 2.27. The summed E-state index contributed by atoms with van der Waals surface area (Å²) in [6.45, 7) is 1.50. The summed E-state index contributed by atoms with van der Waals surface area (Å²) in [5, 5.41) is 2.77. The average Bonchev–Trinajstić information content (AvgIpc) is 2.75. The minimum Gasteiger partial charge on any atom is -0.495 e. The van der Waals surface area contributed by atoms with Crippen molar-refractivity contribution in [2.75, 3.05) is 32.6 Å². The van der Waals surface area contributed by atoms with Crippen LogP contribution in [0.15, 0.2) is 47.4 Å². The van der Waals surface area contributed by atoms with Gasteiger partial charge in [-0.3, -0.25) is 4.79 Å². The van der Waals surface area contributed by atoms with E-state index >= 15 is 0 Å². The summed E-state index contributed by atoms with van der Waals surface area (Å²) in [6.07, 6.45) is 2.76. The Hall–Kier alpha value is -2.42. The van der Waals surface area contributed by atoms with E-state index in [0.29, 0.717) is 36.7 Å². The number of nitrogens with zero attached hydrogens (tertiary/aromatic N) is 1. The van der Waals surface area contributed by atoms with Gasteiger partial charge in [0.25, 0.3) is 5.91 Å². The van der Waals surface area contributed by atoms with Gasteiger partial charge in [0, 0.05) is 25.8 Å². The third-order valence-electron chi connectivity index (χ3n) is 4.90. The number of anilines is 1. The number of carbonyl (C=O) groups excluding carboxylic acids is 1. The van der Waals surface area contributed by atoms with Gasteiger partial charge in [0.2, 0.25) is 10.0 Å². The third-order valence-corrected chi connectivity index (χ3v) is 6.79. The van der Waals surface area contributed by atoms with Gasteiger partial charge in [-0.05, 0) is 48.7 Å². The predicted molar refractivity (Wildman–Crippen MR) is 111 cm³/mol. The van der Waals surface area contributed by atoms with Gasteiger partial charge >= 0.3 is 0 Å². The summed E-state index contributed by atoms with van der Waals surface area (Å²) in [4.78, 5) is 12.8. The topological polar surface area (TPSA) is 84.9 Å². The maximum absolute atomic E-state index is 13.0. The first-order valence-corrected chi connectivity index (χ1v) is 11.0. The highest BCUT2D eigenvalue weighted by Crippen LogP contribution is 2.30. The molecule has 2 aromatic rings. The number of methoxy groups -OCH3 is 2. The van der Waals surface area contributed by atoms with Crippen molar-refractivity contribution in [2.45, 2.75) is 30.8 Å². The van der Waals surface area contributed by atoms with Crippen LogP contribution in [-0.4, -0.2) is 45.9 Å². The lowest BCUT2D eigenvalue weighted by atomic mass is 10.1. The number of piperidine rings is 1. The molecule has 1 amide bonds. The van der Waals surface area contributed by atoms with Crippen LogP contribution in [0.4, 0.5) is 5.69 Å². The zero-order valence-electron chi connectivity index (χ0n) is 16.7. The highest BCUT2D eigenvalue weighted by atomic mass is 32.2. The molecule has 0 atom stereocenters. The number of sulfonamides is 1. The highest BCUT2D eigenvalue weighted by molar-refractivity contribution is 7.89. The Morgan fingerprint density at radius 2 is 1.72 bits per heavy atom. The number of nitrogens with one attached hydrogen (secondary N) is 1. The van der Waals surface area contributed by atoms with Crippen molar-refractivity contribution in [3.63, 3.8) is 0 Å². The molecule has 2 aromatic carbocycles. The Balaban J connectivity index is 1.84. The van der Waals surface area contributed by atoms with Crippen LogP contribution in [0.1, 0.15) is 35.2 Å². The van der Waals surface area contributed by atoms with Crippen molar-refractivity contribution < 1.29 is 22.7 Å². The second-order valence-electron chi connectivity index (χ2n) is 6.91. The van der Waals surface area contributed by atoms with Crippen molar-refractivity contribution in [3.05, 3.63) is 53.6 Å². The van der Waals surface area contributed by atoms with Gasteiger partial charge in [0.05, 0.1) is 24.3 Å². The molecule has 1 aliphatic heterocycles. The van der Waals surface area contributed by atoms with E-state index in [-0.39, 0.29) is 10.8 Å². The van der Waals surface area contributed by atoms with Crippen LogP contribution in [0.25, 0.3) is 0 Å². The van der Waals surface area contributed by atoms with Gasteiger partial charge < -0.3 is 14.8 Å². The molecular weight excluding hydrogens is 392 g/mol. The molecule has 3 rings (SSSR count). The van der Waals surface area contributed by atoms with E-state index in [9.17, 15) is 13.2 Å². The zero-order chi connectivity index (χ0) is 20.9. The van der Waals surface area contributed by atoms with Gasteiger partial charge in [-0.15, -0.1) is 0 Å². The van der Waals surface area contributed by atoms with Gasteiger partial charge in [-0.1, -0.05) is 18.6 Å². The quantitative estimate of drug-likeness (QED) is 0.746. The number of hydrogen-bond acceptors (Lipinski definition) is 5. The SMILES string of the molecule is COCc1ccc(C(=O)Nc2cc(S(=O)(=O)N3CCCCC3)ccc2OC)cc1. The lowest BCUT2D eigenvalue weighted by molar-refractivity contribution is 0.102. The first-order chi connectivity index (χ1) is 14.0. The van der Waals surface area contributed by atoms with Crippen molar-refractivity contribution in [1.29, 1.82) is 0 Å². The van der Waals surface area contributed by atoms with Gasteiger partial charge in [-0.2, -0.15) is 4.31 Å². The van der Waals surface area contributed by atoms with Crippen molar-refractivity contribution >= 4 is 21.6 Å². The van der Waals surface area contributed by atoms with Crippen LogP contribution in [0.3, 0.4) is 0 Å². The number of ether oxygens (including phenoxy) is 2. The molecule has 1 N–H and O–H groups in total. The molecule has 7 nitrogen and oxygen atoms in total. The largest absolute Gasteiger partial charge is 0.495 e. The molecule has 1 fully saturated rings. The Morgan fingerprint density at radius 3 is 2.34 bits per heavy atom. The van der Waals surface area contributed by atoms with E-state index in [1.165, 1.54) is 23.5 Å². The fourth-order valence-corrected chi connectivity index (χ4v) is 4.86. The molecule has 1 aliphatic rings. The summed E-state index contributed by atoms with van der Waals surface area (Å²) < 4.78 is 37.8.